The Balaban J connectivity index is 1.68. The van der Waals surface area contributed by atoms with Crippen LogP contribution in [0.4, 0.5) is 16.0 Å². The number of hydrogen-bond acceptors (Lipinski definition) is 4. The summed E-state index contributed by atoms with van der Waals surface area (Å²) in [7, 11) is 1.62. The average Bonchev–Trinajstić information content (AvgIpc) is 3.32. The van der Waals surface area contributed by atoms with E-state index in [-0.39, 0.29) is 17.9 Å². The minimum absolute atomic E-state index is 0.0724. The molecule has 3 heterocycles. The van der Waals surface area contributed by atoms with Crippen LogP contribution in [0.1, 0.15) is 16.7 Å². The van der Waals surface area contributed by atoms with Gasteiger partial charge in [0.15, 0.2) is 11.2 Å². The number of imidazole rings is 1. The van der Waals surface area contributed by atoms with Gasteiger partial charge in [-0.3, -0.25) is 13.9 Å². The van der Waals surface area contributed by atoms with Crippen molar-refractivity contribution in [3.05, 3.63) is 85.8 Å². The van der Waals surface area contributed by atoms with E-state index in [1.54, 1.807) is 19.2 Å². The Bertz CT molecular complexity index is 1450. The monoisotopic (exact) mass is 419 g/mol. The SMILES string of the molecule is Cc1ccc(C)c(N2CCn3c2nc2c3c(=O)n(Cc3ccc(F)cc3)c(=O)n2C)c1. The standard InChI is InChI=1S/C23H22FN5O2/c1-14-4-5-15(2)18(12-14)27-10-11-28-19-20(25-22(27)28)26(3)23(31)29(21(19)30)13-16-6-8-17(24)9-7-16/h4-9,12H,10-11,13H2,1-3H3. The molecule has 0 fully saturated rings. The van der Waals surface area contributed by atoms with Gasteiger partial charge in [0.25, 0.3) is 5.56 Å². The molecule has 0 amide bonds. The van der Waals surface area contributed by atoms with Crippen LogP contribution in [0.2, 0.25) is 0 Å². The summed E-state index contributed by atoms with van der Waals surface area (Å²) in [5.74, 6) is 0.301. The van der Waals surface area contributed by atoms with Crippen molar-refractivity contribution in [1.29, 1.82) is 0 Å². The van der Waals surface area contributed by atoms with Crippen LogP contribution in [-0.2, 0) is 20.1 Å². The highest BCUT2D eigenvalue weighted by molar-refractivity contribution is 5.78. The van der Waals surface area contributed by atoms with Gasteiger partial charge >= 0.3 is 5.69 Å². The number of anilines is 2. The molecule has 2 aromatic heterocycles. The minimum Gasteiger partial charge on any atom is -0.310 e. The Hall–Kier alpha value is -3.68. The van der Waals surface area contributed by atoms with Gasteiger partial charge in [-0.2, -0.15) is 4.98 Å². The molecule has 4 aromatic rings. The average molecular weight is 419 g/mol. The quantitative estimate of drug-likeness (QED) is 0.512. The molecule has 0 spiro atoms. The number of halogens is 1. The van der Waals surface area contributed by atoms with Crippen LogP contribution in [0, 0.1) is 19.7 Å². The van der Waals surface area contributed by atoms with Crippen LogP contribution < -0.4 is 16.1 Å². The molecule has 5 rings (SSSR count). The molecule has 1 aliphatic heterocycles. The van der Waals surface area contributed by atoms with Crippen LogP contribution in [0.15, 0.2) is 52.1 Å². The number of aromatic nitrogens is 4. The molecule has 1 aliphatic rings. The molecule has 158 valence electrons. The number of aryl methyl sites for hydroxylation is 3. The maximum absolute atomic E-state index is 13.4. The van der Waals surface area contributed by atoms with E-state index in [2.05, 4.69) is 23.1 Å². The molecule has 0 aliphatic carbocycles. The van der Waals surface area contributed by atoms with Crippen LogP contribution in [0.5, 0.6) is 0 Å². The van der Waals surface area contributed by atoms with Gasteiger partial charge in [0.2, 0.25) is 5.95 Å². The molecule has 0 N–H and O–H groups in total. The fourth-order valence-corrected chi connectivity index (χ4v) is 4.23. The number of hydrogen-bond donors (Lipinski definition) is 0. The van der Waals surface area contributed by atoms with Crippen LogP contribution >= 0.6 is 0 Å². The lowest BCUT2D eigenvalue weighted by Gasteiger charge is -2.19. The molecule has 0 atom stereocenters. The first-order valence-electron chi connectivity index (χ1n) is 10.1. The van der Waals surface area contributed by atoms with Crippen LogP contribution in [0.3, 0.4) is 0 Å². The van der Waals surface area contributed by atoms with Crippen molar-refractivity contribution in [2.45, 2.75) is 26.9 Å². The van der Waals surface area contributed by atoms with Gasteiger partial charge in [-0.1, -0.05) is 24.3 Å². The number of fused-ring (bicyclic) bond motifs is 3. The Morgan fingerprint density at radius 1 is 1.03 bits per heavy atom. The first kappa shape index (κ1) is 19.3. The lowest BCUT2D eigenvalue weighted by atomic mass is 10.1. The molecule has 0 saturated heterocycles. The number of rotatable bonds is 3. The first-order chi connectivity index (χ1) is 14.8. The molecular formula is C23H22FN5O2. The largest absolute Gasteiger partial charge is 0.332 e. The molecule has 0 bridgehead atoms. The molecule has 0 unspecified atom stereocenters. The lowest BCUT2D eigenvalue weighted by molar-refractivity contribution is 0.623. The Morgan fingerprint density at radius 2 is 1.77 bits per heavy atom. The van der Waals surface area contributed by atoms with E-state index in [0.29, 0.717) is 35.8 Å². The lowest BCUT2D eigenvalue weighted by Crippen LogP contribution is -2.40. The van der Waals surface area contributed by atoms with Crippen molar-refractivity contribution in [1.82, 2.24) is 18.7 Å². The molecule has 8 heteroatoms. The van der Waals surface area contributed by atoms with Gasteiger partial charge in [-0.05, 0) is 48.7 Å². The third-order valence-corrected chi connectivity index (χ3v) is 5.91. The molecular weight excluding hydrogens is 397 g/mol. The first-order valence-corrected chi connectivity index (χ1v) is 10.1. The van der Waals surface area contributed by atoms with E-state index in [1.807, 2.05) is 18.4 Å². The summed E-state index contributed by atoms with van der Waals surface area (Å²) in [6.45, 7) is 5.46. The molecule has 0 radical (unpaired) electrons. The van der Waals surface area contributed by atoms with Crippen LogP contribution in [-0.4, -0.2) is 25.2 Å². The zero-order valence-corrected chi connectivity index (χ0v) is 17.6. The Kier molecular flexibility index (Phi) is 4.32. The number of nitrogens with zero attached hydrogens (tertiary/aromatic N) is 5. The predicted molar refractivity (Wildman–Crippen MR) is 118 cm³/mol. The maximum Gasteiger partial charge on any atom is 0.332 e. The molecule has 7 nitrogen and oxygen atoms in total. The van der Waals surface area contributed by atoms with E-state index in [0.717, 1.165) is 16.8 Å². The topological polar surface area (TPSA) is 65.1 Å². The minimum atomic E-state index is -0.447. The third-order valence-electron chi connectivity index (χ3n) is 5.91. The summed E-state index contributed by atoms with van der Waals surface area (Å²) in [5, 5.41) is 0. The van der Waals surface area contributed by atoms with Gasteiger partial charge < -0.3 is 9.47 Å². The highest BCUT2D eigenvalue weighted by Gasteiger charge is 2.29. The van der Waals surface area contributed by atoms with Gasteiger partial charge in [0.05, 0.1) is 6.54 Å². The second kappa shape index (κ2) is 6.94. The van der Waals surface area contributed by atoms with Crippen molar-refractivity contribution < 1.29 is 4.39 Å². The zero-order valence-electron chi connectivity index (χ0n) is 17.6. The summed E-state index contributed by atoms with van der Waals surface area (Å²) in [5.41, 5.74) is 3.94. The fraction of sp³-hybridized carbons (Fsp3) is 0.261. The van der Waals surface area contributed by atoms with E-state index >= 15 is 0 Å². The van der Waals surface area contributed by atoms with Gasteiger partial charge in [-0.25, -0.2) is 9.18 Å². The van der Waals surface area contributed by atoms with E-state index in [1.165, 1.54) is 21.3 Å². The van der Waals surface area contributed by atoms with Gasteiger partial charge in [0.1, 0.15) is 5.82 Å². The van der Waals surface area contributed by atoms with E-state index < -0.39 is 5.69 Å². The second-order valence-electron chi connectivity index (χ2n) is 8.04. The van der Waals surface area contributed by atoms with Crippen molar-refractivity contribution in [2.24, 2.45) is 7.05 Å². The molecule has 0 saturated carbocycles. The highest BCUT2D eigenvalue weighted by Crippen LogP contribution is 2.34. The Morgan fingerprint density at radius 3 is 2.52 bits per heavy atom. The van der Waals surface area contributed by atoms with Crippen molar-refractivity contribution in [3.8, 4) is 0 Å². The summed E-state index contributed by atoms with van der Waals surface area (Å²) < 4.78 is 17.7. The highest BCUT2D eigenvalue weighted by atomic mass is 19.1. The Labute approximate surface area is 177 Å². The van der Waals surface area contributed by atoms with Gasteiger partial charge in [-0.15, -0.1) is 0 Å². The molecule has 31 heavy (non-hydrogen) atoms. The second-order valence-corrected chi connectivity index (χ2v) is 8.04. The van der Waals surface area contributed by atoms with Gasteiger partial charge in [0, 0.05) is 25.8 Å². The maximum atomic E-state index is 13.4. The summed E-state index contributed by atoms with van der Waals surface area (Å²) in [6, 6.07) is 12.0. The van der Waals surface area contributed by atoms with E-state index in [9.17, 15) is 14.0 Å². The number of benzene rings is 2. The summed E-state index contributed by atoms with van der Waals surface area (Å²) in [6.07, 6.45) is 0. The fourth-order valence-electron chi connectivity index (χ4n) is 4.23. The normalized spacial score (nSPS) is 13.2. The smallest absolute Gasteiger partial charge is 0.310 e. The zero-order chi connectivity index (χ0) is 21.9. The van der Waals surface area contributed by atoms with Crippen molar-refractivity contribution in [3.63, 3.8) is 0 Å². The summed E-state index contributed by atoms with van der Waals surface area (Å²) in [4.78, 5) is 33.1. The molecule has 2 aromatic carbocycles. The third kappa shape index (κ3) is 2.98. The summed E-state index contributed by atoms with van der Waals surface area (Å²) >= 11 is 0. The van der Waals surface area contributed by atoms with E-state index in [4.69, 9.17) is 4.98 Å². The predicted octanol–water partition coefficient (Wildman–Crippen LogP) is 2.85. The van der Waals surface area contributed by atoms with Crippen molar-refractivity contribution in [2.75, 3.05) is 11.4 Å². The van der Waals surface area contributed by atoms with Crippen molar-refractivity contribution >= 4 is 22.8 Å². The van der Waals surface area contributed by atoms with Crippen LogP contribution in [0.25, 0.3) is 11.2 Å².